The molecular weight excluding hydrogens is 326 g/mol. The molecule has 1 N–H and O–H groups in total. The number of ether oxygens (including phenoxy) is 1. The second kappa shape index (κ2) is 7.61. The van der Waals surface area contributed by atoms with E-state index in [4.69, 9.17) is 4.74 Å². The largest absolute Gasteiger partial charge is 0.464 e. The number of amides is 1. The van der Waals surface area contributed by atoms with Crippen LogP contribution in [0.4, 0.5) is 5.13 Å². The molecule has 0 spiro atoms. The van der Waals surface area contributed by atoms with E-state index in [1.165, 1.54) is 18.4 Å². The Labute approximate surface area is 145 Å². The fraction of sp³-hybridized carbons (Fsp3) is 0.471. The number of thiazole rings is 1. The number of anilines is 1. The van der Waals surface area contributed by atoms with Crippen molar-refractivity contribution in [3.05, 3.63) is 35.1 Å². The van der Waals surface area contributed by atoms with Crippen molar-refractivity contribution in [2.24, 2.45) is 5.92 Å². The summed E-state index contributed by atoms with van der Waals surface area (Å²) < 4.78 is 6.65. The van der Waals surface area contributed by atoms with Crippen LogP contribution in [-0.2, 0) is 9.53 Å². The fourth-order valence-corrected chi connectivity index (χ4v) is 3.47. The van der Waals surface area contributed by atoms with Gasteiger partial charge in [0.25, 0.3) is 0 Å². The van der Waals surface area contributed by atoms with E-state index in [1.807, 2.05) is 56.8 Å². The monoisotopic (exact) mass is 349 g/mol. The number of esters is 1. The summed E-state index contributed by atoms with van der Waals surface area (Å²) in [6, 6.07) is 3.43. The molecule has 0 saturated carbocycles. The fourth-order valence-electron chi connectivity index (χ4n) is 2.51. The van der Waals surface area contributed by atoms with Crippen LogP contribution in [0.1, 0.15) is 55.0 Å². The van der Waals surface area contributed by atoms with Crippen LogP contribution in [0.3, 0.4) is 0 Å². The standard InChI is InChI=1S/C17H23N3O3S/c1-10(2)13(20-8-6-7-9-20)15(21)19-17-18-12(16(22)23-5)14(24-17)11(3)4/h6-11,13H,1-5H3,(H,18,19,21)/t13-/m0/s1. The number of carbonyl (C=O) groups excluding carboxylic acids is 2. The van der Waals surface area contributed by atoms with E-state index in [0.29, 0.717) is 5.13 Å². The van der Waals surface area contributed by atoms with Crippen LogP contribution in [-0.4, -0.2) is 28.5 Å². The molecule has 2 rings (SSSR count). The number of nitrogens with one attached hydrogen (secondary N) is 1. The van der Waals surface area contributed by atoms with Gasteiger partial charge >= 0.3 is 5.97 Å². The molecule has 0 bridgehead atoms. The van der Waals surface area contributed by atoms with Gasteiger partial charge in [0.2, 0.25) is 5.91 Å². The molecule has 0 aliphatic rings. The lowest BCUT2D eigenvalue weighted by Gasteiger charge is -2.21. The van der Waals surface area contributed by atoms with E-state index in [9.17, 15) is 9.59 Å². The molecule has 0 aliphatic carbocycles. The summed E-state index contributed by atoms with van der Waals surface area (Å²) in [4.78, 5) is 29.6. The molecule has 1 atom stereocenters. The zero-order chi connectivity index (χ0) is 17.9. The van der Waals surface area contributed by atoms with Gasteiger partial charge in [0.1, 0.15) is 6.04 Å². The second-order valence-electron chi connectivity index (χ2n) is 6.19. The molecule has 2 heterocycles. The highest BCUT2D eigenvalue weighted by atomic mass is 32.1. The van der Waals surface area contributed by atoms with Gasteiger partial charge in [-0.05, 0) is 24.0 Å². The number of methoxy groups -OCH3 is 1. The van der Waals surface area contributed by atoms with Gasteiger partial charge in [-0.3, -0.25) is 4.79 Å². The van der Waals surface area contributed by atoms with Crippen molar-refractivity contribution in [3.8, 4) is 0 Å². The van der Waals surface area contributed by atoms with Gasteiger partial charge in [0.05, 0.1) is 7.11 Å². The lowest BCUT2D eigenvalue weighted by atomic mass is 10.0. The third kappa shape index (κ3) is 3.84. The summed E-state index contributed by atoms with van der Waals surface area (Å²) in [6.45, 7) is 7.93. The summed E-state index contributed by atoms with van der Waals surface area (Å²) >= 11 is 1.31. The number of carbonyl (C=O) groups is 2. The average Bonchev–Trinajstić information content (AvgIpc) is 3.16. The number of nitrogens with zero attached hydrogens (tertiary/aromatic N) is 2. The zero-order valence-corrected chi connectivity index (χ0v) is 15.4. The minimum Gasteiger partial charge on any atom is -0.464 e. The van der Waals surface area contributed by atoms with Crippen molar-refractivity contribution in [1.29, 1.82) is 0 Å². The van der Waals surface area contributed by atoms with Crippen LogP contribution >= 0.6 is 11.3 Å². The minimum absolute atomic E-state index is 0.113. The van der Waals surface area contributed by atoms with Crippen LogP contribution in [0.2, 0.25) is 0 Å². The van der Waals surface area contributed by atoms with E-state index >= 15 is 0 Å². The second-order valence-corrected chi connectivity index (χ2v) is 7.22. The first-order chi connectivity index (χ1) is 11.3. The molecular formula is C17H23N3O3S. The highest BCUT2D eigenvalue weighted by Crippen LogP contribution is 2.31. The molecule has 130 valence electrons. The predicted octanol–water partition coefficient (Wildman–Crippen LogP) is 3.69. The Morgan fingerprint density at radius 3 is 2.33 bits per heavy atom. The highest BCUT2D eigenvalue weighted by Gasteiger charge is 2.26. The van der Waals surface area contributed by atoms with Crippen LogP contribution < -0.4 is 5.32 Å². The molecule has 0 radical (unpaired) electrons. The van der Waals surface area contributed by atoms with E-state index in [-0.39, 0.29) is 29.5 Å². The van der Waals surface area contributed by atoms with Crippen molar-refractivity contribution in [3.63, 3.8) is 0 Å². The Kier molecular flexibility index (Phi) is 5.77. The van der Waals surface area contributed by atoms with Crippen molar-refractivity contribution < 1.29 is 14.3 Å². The Bertz CT molecular complexity index is 705. The molecule has 0 unspecified atom stereocenters. The normalized spacial score (nSPS) is 12.5. The Morgan fingerprint density at radius 1 is 1.21 bits per heavy atom. The number of hydrogen-bond donors (Lipinski definition) is 1. The number of aromatic nitrogens is 2. The van der Waals surface area contributed by atoms with Crippen molar-refractivity contribution in [1.82, 2.24) is 9.55 Å². The average molecular weight is 349 g/mol. The smallest absolute Gasteiger partial charge is 0.357 e. The van der Waals surface area contributed by atoms with Gasteiger partial charge < -0.3 is 14.6 Å². The molecule has 0 aliphatic heterocycles. The molecule has 24 heavy (non-hydrogen) atoms. The van der Waals surface area contributed by atoms with Gasteiger partial charge in [0, 0.05) is 17.3 Å². The first-order valence-corrected chi connectivity index (χ1v) is 8.69. The molecule has 0 saturated heterocycles. The first kappa shape index (κ1) is 18.2. The van der Waals surface area contributed by atoms with E-state index < -0.39 is 5.97 Å². The Balaban J connectivity index is 2.26. The third-order valence-electron chi connectivity index (χ3n) is 3.64. The highest BCUT2D eigenvalue weighted by molar-refractivity contribution is 7.16. The third-order valence-corrected chi connectivity index (χ3v) is 4.91. The number of hydrogen-bond acceptors (Lipinski definition) is 5. The van der Waals surface area contributed by atoms with E-state index in [1.54, 1.807) is 0 Å². The zero-order valence-electron chi connectivity index (χ0n) is 14.6. The van der Waals surface area contributed by atoms with E-state index in [0.717, 1.165) is 4.88 Å². The van der Waals surface area contributed by atoms with Crippen molar-refractivity contribution >= 4 is 28.3 Å². The van der Waals surface area contributed by atoms with Gasteiger partial charge in [-0.15, -0.1) is 11.3 Å². The summed E-state index contributed by atoms with van der Waals surface area (Å²) in [6.07, 6.45) is 3.73. The topological polar surface area (TPSA) is 73.2 Å². The van der Waals surface area contributed by atoms with Gasteiger partial charge in [0.15, 0.2) is 10.8 Å². The van der Waals surface area contributed by atoms with Crippen molar-refractivity contribution in [2.45, 2.75) is 39.7 Å². The maximum atomic E-state index is 12.7. The molecule has 2 aromatic heterocycles. The Hall–Kier alpha value is -2.15. The van der Waals surface area contributed by atoms with Gasteiger partial charge in [-0.25, -0.2) is 9.78 Å². The maximum absolute atomic E-state index is 12.7. The molecule has 7 heteroatoms. The molecule has 2 aromatic rings. The molecule has 0 fully saturated rings. The van der Waals surface area contributed by atoms with E-state index in [2.05, 4.69) is 10.3 Å². The van der Waals surface area contributed by atoms with Gasteiger partial charge in [-0.2, -0.15) is 0 Å². The van der Waals surface area contributed by atoms with Crippen LogP contribution in [0.5, 0.6) is 0 Å². The molecule has 1 amide bonds. The maximum Gasteiger partial charge on any atom is 0.357 e. The van der Waals surface area contributed by atoms with Gasteiger partial charge in [-0.1, -0.05) is 27.7 Å². The SMILES string of the molecule is COC(=O)c1nc(NC(=O)[C@H](C(C)C)n2cccc2)sc1C(C)C. The summed E-state index contributed by atoms with van der Waals surface area (Å²) in [5, 5.41) is 3.26. The summed E-state index contributed by atoms with van der Waals surface area (Å²) in [7, 11) is 1.32. The number of rotatable bonds is 6. The van der Waals surface area contributed by atoms with Crippen LogP contribution in [0.15, 0.2) is 24.5 Å². The minimum atomic E-state index is -0.485. The summed E-state index contributed by atoms with van der Waals surface area (Å²) in [5.74, 6) is -0.405. The molecule has 6 nitrogen and oxygen atoms in total. The Morgan fingerprint density at radius 2 is 1.83 bits per heavy atom. The van der Waals surface area contributed by atoms with Crippen LogP contribution in [0.25, 0.3) is 0 Å². The summed E-state index contributed by atoms with van der Waals surface area (Å²) in [5.41, 5.74) is 0.273. The lowest BCUT2D eigenvalue weighted by Crippen LogP contribution is -2.29. The first-order valence-electron chi connectivity index (χ1n) is 7.87. The van der Waals surface area contributed by atoms with Crippen LogP contribution in [0, 0.1) is 5.92 Å². The van der Waals surface area contributed by atoms with Crippen molar-refractivity contribution in [2.75, 3.05) is 12.4 Å². The quantitative estimate of drug-likeness (QED) is 0.807. The molecule has 0 aromatic carbocycles. The lowest BCUT2D eigenvalue weighted by molar-refractivity contribution is -0.120. The predicted molar refractivity (Wildman–Crippen MR) is 94.5 cm³/mol.